The molecule has 6 nitrogen and oxygen atoms in total. The molecule has 0 saturated carbocycles. The minimum atomic E-state index is -0.278. The highest BCUT2D eigenvalue weighted by Crippen LogP contribution is 2.33. The van der Waals surface area contributed by atoms with Crippen molar-refractivity contribution in [3.05, 3.63) is 47.0 Å². The van der Waals surface area contributed by atoms with E-state index in [1.54, 1.807) is 36.4 Å². The average molecular weight is 349 g/mol. The fourth-order valence-corrected chi connectivity index (χ4v) is 3.31. The fraction of sp³-hybridized carbons (Fsp3) is 0.0667. The number of hydrazine groups is 1. The molecule has 23 heavy (non-hydrogen) atoms. The van der Waals surface area contributed by atoms with Crippen molar-refractivity contribution in [2.75, 3.05) is 17.9 Å². The first kappa shape index (κ1) is 15.5. The topological polar surface area (TPSA) is 89.3 Å². The van der Waals surface area contributed by atoms with E-state index in [0.717, 1.165) is 4.70 Å². The zero-order valence-corrected chi connectivity index (χ0v) is 13.7. The Bertz CT molecular complexity index is 881. The summed E-state index contributed by atoms with van der Waals surface area (Å²) in [5.41, 5.74) is 4.15. The van der Waals surface area contributed by atoms with Gasteiger partial charge < -0.3 is 10.1 Å². The SMILES string of the molecule is COc1ccccc1C(=O)Nc1cc(Cl)c2nc(NN)sc2c1. The molecule has 3 rings (SSSR count). The molecule has 3 aromatic rings. The molecule has 8 heteroatoms. The van der Waals surface area contributed by atoms with Gasteiger partial charge in [0.25, 0.3) is 5.91 Å². The van der Waals surface area contributed by atoms with Gasteiger partial charge in [0.2, 0.25) is 0 Å². The van der Waals surface area contributed by atoms with E-state index in [9.17, 15) is 4.79 Å². The third-order valence-electron chi connectivity index (χ3n) is 3.18. The van der Waals surface area contributed by atoms with Crippen LogP contribution in [0, 0.1) is 0 Å². The van der Waals surface area contributed by atoms with Crippen molar-refractivity contribution < 1.29 is 9.53 Å². The second-order valence-electron chi connectivity index (χ2n) is 4.62. The van der Waals surface area contributed by atoms with Crippen LogP contribution in [-0.4, -0.2) is 18.0 Å². The highest BCUT2D eigenvalue weighted by molar-refractivity contribution is 7.22. The highest BCUT2D eigenvalue weighted by Gasteiger charge is 2.14. The summed E-state index contributed by atoms with van der Waals surface area (Å²) in [6.45, 7) is 0. The van der Waals surface area contributed by atoms with Crippen molar-refractivity contribution in [2.24, 2.45) is 5.84 Å². The van der Waals surface area contributed by atoms with Crippen LogP contribution >= 0.6 is 22.9 Å². The van der Waals surface area contributed by atoms with E-state index < -0.39 is 0 Å². The number of halogens is 1. The monoisotopic (exact) mass is 348 g/mol. The van der Waals surface area contributed by atoms with E-state index in [2.05, 4.69) is 15.7 Å². The maximum Gasteiger partial charge on any atom is 0.259 e. The van der Waals surface area contributed by atoms with Crippen LogP contribution in [0.15, 0.2) is 36.4 Å². The molecule has 0 aliphatic carbocycles. The van der Waals surface area contributed by atoms with Gasteiger partial charge in [0.05, 0.1) is 22.4 Å². The number of fused-ring (bicyclic) bond motifs is 1. The van der Waals surface area contributed by atoms with Gasteiger partial charge in [-0.3, -0.25) is 10.2 Å². The van der Waals surface area contributed by atoms with Crippen LogP contribution in [0.1, 0.15) is 10.4 Å². The fourth-order valence-electron chi connectivity index (χ4n) is 2.15. The van der Waals surface area contributed by atoms with Gasteiger partial charge in [-0.15, -0.1) is 0 Å². The molecule has 0 unspecified atom stereocenters. The number of thiazole rings is 1. The summed E-state index contributed by atoms with van der Waals surface area (Å²) in [6.07, 6.45) is 0. The van der Waals surface area contributed by atoms with E-state index in [1.165, 1.54) is 18.4 Å². The lowest BCUT2D eigenvalue weighted by molar-refractivity contribution is 0.102. The largest absolute Gasteiger partial charge is 0.496 e. The highest BCUT2D eigenvalue weighted by atomic mass is 35.5. The summed E-state index contributed by atoms with van der Waals surface area (Å²) in [6, 6.07) is 10.4. The Hall–Kier alpha value is -2.35. The summed E-state index contributed by atoms with van der Waals surface area (Å²) < 4.78 is 6.02. The molecular formula is C15H13ClN4O2S. The number of amides is 1. The van der Waals surface area contributed by atoms with Crippen molar-refractivity contribution >= 4 is 49.9 Å². The minimum absolute atomic E-state index is 0.278. The smallest absolute Gasteiger partial charge is 0.259 e. The van der Waals surface area contributed by atoms with Gasteiger partial charge in [-0.05, 0) is 24.3 Å². The van der Waals surface area contributed by atoms with Crippen LogP contribution in [0.2, 0.25) is 5.02 Å². The number of anilines is 2. The lowest BCUT2D eigenvalue weighted by atomic mass is 10.2. The van der Waals surface area contributed by atoms with Crippen LogP contribution in [-0.2, 0) is 0 Å². The molecule has 0 spiro atoms. The Morgan fingerprint density at radius 3 is 2.87 bits per heavy atom. The molecule has 0 radical (unpaired) electrons. The number of carbonyl (C=O) groups excluding carboxylic acids is 1. The number of rotatable bonds is 4. The van der Waals surface area contributed by atoms with Crippen LogP contribution in [0.3, 0.4) is 0 Å². The third-order valence-corrected chi connectivity index (χ3v) is 4.40. The standard InChI is InChI=1S/C15H13ClN4O2S/c1-22-11-5-3-2-4-9(11)14(21)18-8-6-10(16)13-12(7-8)23-15(19-13)20-17/h2-7H,17H2,1H3,(H,18,21)(H,19,20). The molecule has 1 aromatic heterocycles. The molecule has 1 amide bonds. The van der Waals surface area contributed by atoms with Gasteiger partial charge in [0.15, 0.2) is 5.13 Å². The number of para-hydroxylation sites is 1. The maximum atomic E-state index is 12.4. The molecule has 0 aliphatic rings. The van der Waals surface area contributed by atoms with Gasteiger partial charge in [-0.25, -0.2) is 10.8 Å². The van der Waals surface area contributed by atoms with Crippen LogP contribution in [0.5, 0.6) is 5.75 Å². The predicted molar refractivity (Wildman–Crippen MR) is 93.4 cm³/mol. The Kier molecular flexibility index (Phi) is 4.33. The van der Waals surface area contributed by atoms with E-state index >= 15 is 0 Å². The second kappa shape index (κ2) is 6.41. The Morgan fingerprint density at radius 2 is 2.13 bits per heavy atom. The molecule has 0 fully saturated rings. The van der Waals surface area contributed by atoms with Gasteiger partial charge in [0.1, 0.15) is 11.3 Å². The summed E-state index contributed by atoms with van der Waals surface area (Å²) in [5.74, 6) is 5.59. The molecule has 0 saturated heterocycles. The number of nitrogens with one attached hydrogen (secondary N) is 2. The number of hydrogen-bond acceptors (Lipinski definition) is 6. The molecule has 0 aliphatic heterocycles. The molecule has 118 valence electrons. The number of benzene rings is 2. The predicted octanol–water partition coefficient (Wildman–Crippen LogP) is 3.50. The van der Waals surface area contributed by atoms with Gasteiger partial charge >= 0.3 is 0 Å². The average Bonchev–Trinajstić information content (AvgIpc) is 2.98. The number of aromatic nitrogens is 1. The number of nitrogens with two attached hydrogens (primary N) is 1. The summed E-state index contributed by atoms with van der Waals surface area (Å²) in [4.78, 5) is 16.7. The number of ether oxygens (including phenoxy) is 1. The van der Waals surface area contributed by atoms with Gasteiger partial charge in [0, 0.05) is 5.69 Å². The molecule has 2 aromatic carbocycles. The van der Waals surface area contributed by atoms with Crippen LogP contribution in [0.4, 0.5) is 10.8 Å². The van der Waals surface area contributed by atoms with Crippen molar-refractivity contribution in [1.82, 2.24) is 4.98 Å². The van der Waals surface area contributed by atoms with E-state index in [-0.39, 0.29) is 5.91 Å². The lowest BCUT2D eigenvalue weighted by Crippen LogP contribution is -2.13. The first-order valence-electron chi connectivity index (χ1n) is 6.63. The molecule has 0 atom stereocenters. The number of nitrogen functional groups attached to an aromatic ring is 1. The Labute approximate surface area is 141 Å². The minimum Gasteiger partial charge on any atom is -0.496 e. The summed E-state index contributed by atoms with van der Waals surface area (Å²) >= 11 is 7.57. The number of carbonyl (C=O) groups is 1. The molecule has 0 bridgehead atoms. The van der Waals surface area contributed by atoms with E-state index in [0.29, 0.717) is 32.7 Å². The lowest BCUT2D eigenvalue weighted by Gasteiger charge is -2.09. The molecule has 1 heterocycles. The Balaban J connectivity index is 1.93. The zero-order chi connectivity index (χ0) is 16.4. The molecular weight excluding hydrogens is 336 g/mol. The van der Waals surface area contributed by atoms with Crippen LogP contribution in [0.25, 0.3) is 10.2 Å². The van der Waals surface area contributed by atoms with Crippen molar-refractivity contribution in [3.8, 4) is 5.75 Å². The summed E-state index contributed by atoms with van der Waals surface area (Å²) in [7, 11) is 1.52. The first-order valence-corrected chi connectivity index (χ1v) is 7.83. The van der Waals surface area contributed by atoms with Crippen molar-refractivity contribution in [1.29, 1.82) is 0 Å². The van der Waals surface area contributed by atoms with Crippen molar-refractivity contribution in [2.45, 2.75) is 0 Å². The van der Waals surface area contributed by atoms with Gasteiger partial charge in [-0.2, -0.15) is 0 Å². The number of methoxy groups -OCH3 is 1. The maximum absolute atomic E-state index is 12.4. The quantitative estimate of drug-likeness (QED) is 0.496. The van der Waals surface area contributed by atoms with Crippen LogP contribution < -0.4 is 21.3 Å². The number of hydrogen-bond donors (Lipinski definition) is 3. The Morgan fingerprint density at radius 1 is 1.35 bits per heavy atom. The number of nitrogens with zero attached hydrogens (tertiary/aromatic N) is 1. The summed E-state index contributed by atoms with van der Waals surface area (Å²) in [5, 5.41) is 3.81. The second-order valence-corrected chi connectivity index (χ2v) is 6.06. The first-order chi connectivity index (χ1) is 11.1. The van der Waals surface area contributed by atoms with E-state index in [4.69, 9.17) is 22.2 Å². The van der Waals surface area contributed by atoms with E-state index in [1.807, 2.05) is 0 Å². The third kappa shape index (κ3) is 3.07. The zero-order valence-electron chi connectivity index (χ0n) is 12.1. The normalized spacial score (nSPS) is 10.6. The molecule has 4 N–H and O–H groups in total. The van der Waals surface area contributed by atoms with Crippen molar-refractivity contribution in [3.63, 3.8) is 0 Å². The van der Waals surface area contributed by atoms with Gasteiger partial charge in [-0.1, -0.05) is 35.1 Å².